The van der Waals surface area contributed by atoms with Gasteiger partial charge in [0.25, 0.3) is 0 Å². The van der Waals surface area contributed by atoms with Crippen molar-refractivity contribution in [3.63, 3.8) is 0 Å². The third kappa shape index (κ3) is 6.19. The van der Waals surface area contributed by atoms with Crippen molar-refractivity contribution in [1.29, 1.82) is 0 Å². The number of rotatable bonds is 8. The Morgan fingerprint density at radius 3 is 1.73 bits per heavy atom. The van der Waals surface area contributed by atoms with E-state index in [1.807, 2.05) is 0 Å². The molecule has 0 saturated carbocycles. The fourth-order valence-electron chi connectivity index (χ4n) is 1.94. The Morgan fingerprint density at radius 1 is 0.867 bits per heavy atom. The largest absolute Gasteiger partial charge is 0.311 e. The molecule has 0 rings (SSSR count). The molecule has 0 aromatic heterocycles. The van der Waals surface area contributed by atoms with Crippen LogP contribution in [0.3, 0.4) is 0 Å². The monoisotopic (exact) mass is 213 g/mol. The fourth-order valence-corrected chi connectivity index (χ4v) is 1.94. The zero-order valence-electron chi connectivity index (χ0n) is 11.6. The molecule has 0 heterocycles. The Morgan fingerprint density at radius 2 is 1.40 bits per heavy atom. The summed E-state index contributed by atoms with van der Waals surface area (Å²) in [6, 6.07) is 1.36. The van der Waals surface area contributed by atoms with Crippen LogP contribution in [0.2, 0.25) is 0 Å². The lowest BCUT2D eigenvalue weighted by Gasteiger charge is -2.27. The standard InChI is InChI=1S/C14H31N/c1-7-13(8-2)10-14(9-3)15-12(6)11(4)5/h11-15H,7-10H2,1-6H3. The topological polar surface area (TPSA) is 12.0 Å². The van der Waals surface area contributed by atoms with Crippen LogP contribution in [0.5, 0.6) is 0 Å². The van der Waals surface area contributed by atoms with Crippen LogP contribution in [0, 0.1) is 11.8 Å². The van der Waals surface area contributed by atoms with Crippen molar-refractivity contribution in [2.45, 2.75) is 79.3 Å². The van der Waals surface area contributed by atoms with Crippen molar-refractivity contribution in [3.8, 4) is 0 Å². The zero-order chi connectivity index (χ0) is 11.8. The van der Waals surface area contributed by atoms with E-state index in [1.165, 1.54) is 25.7 Å². The second-order valence-electron chi connectivity index (χ2n) is 5.22. The normalized spacial score (nSPS) is 16.0. The molecule has 0 fully saturated rings. The first-order valence-corrected chi connectivity index (χ1v) is 6.81. The molecule has 0 aliphatic heterocycles. The van der Waals surface area contributed by atoms with Crippen LogP contribution in [0.1, 0.15) is 67.2 Å². The Balaban J connectivity index is 4.01. The minimum absolute atomic E-state index is 0.643. The number of nitrogens with one attached hydrogen (secondary N) is 1. The molecule has 2 atom stereocenters. The van der Waals surface area contributed by atoms with E-state index in [0.717, 1.165) is 11.8 Å². The van der Waals surface area contributed by atoms with Gasteiger partial charge in [0.05, 0.1) is 0 Å². The fraction of sp³-hybridized carbons (Fsp3) is 1.00. The summed E-state index contributed by atoms with van der Waals surface area (Å²) in [6.07, 6.45) is 5.25. The van der Waals surface area contributed by atoms with Crippen molar-refractivity contribution >= 4 is 0 Å². The zero-order valence-corrected chi connectivity index (χ0v) is 11.6. The first-order chi connectivity index (χ1) is 7.04. The van der Waals surface area contributed by atoms with E-state index in [0.29, 0.717) is 12.1 Å². The maximum atomic E-state index is 3.77. The molecule has 0 aliphatic rings. The molecule has 15 heavy (non-hydrogen) atoms. The Labute approximate surface area is 97.0 Å². The highest BCUT2D eigenvalue weighted by molar-refractivity contribution is 4.74. The van der Waals surface area contributed by atoms with E-state index >= 15 is 0 Å². The number of hydrogen-bond acceptors (Lipinski definition) is 1. The van der Waals surface area contributed by atoms with Gasteiger partial charge >= 0.3 is 0 Å². The maximum Gasteiger partial charge on any atom is 0.00696 e. The van der Waals surface area contributed by atoms with Crippen LogP contribution in [-0.4, -0.2) is 12.1 Å². The Bertz CT molecular complexity index is 134. The molecule has 1 heteroatoms. The molecule has 1 N–H and O–H groups in total. The first kappa shape index (κ1) is 15.0. The molecule has 0 spiro atoms. The van der Waals surface area contributed by atoms with Gasteiger partial charge in [-0.25, -0.2) is 0 Å². The van der Waals surface area contributed by atoms with Gasteiger partial charge in [-0.15, -0.1) is 0 Å². The summed E-state index contributed by atoms with van der Waals surface area (Å²) in [4.78, 5) is 0. The van der Waals surface area contributed by atoms with Crippen molar-refractivity contribution in [3.05, 3.63) is 0 Å². The first-order valence-electron chi connectivity index (χ1n) is 6.81. The molecule has 0 radical (unpaired) electrons. The summed E-state index contributed by atoms with van der Waals surface area (Å²) in [5, 5.41) is 3.77. The van der Waals surface area contributed by atoms with Crippen LogP contribution in [0.4, 0.5) is 0 Å². The second-order valence-corrected chi connectivity index (χ2v) is 5.22. The predicted octanol–water partition coefficient (Wildman–Crippen LogP) is 4.23. The summed E-state index contributed by atoms with van der Waals surface area (Å²) in [7, 11) is 0. The molecular formula is C14H31N. The van der Waals surface area contributed by atoms with Crippen LogP contribution < -0.4 is 5.32 Å². The summed E-state index contributed by atoms with van der Waals surface area (Å²) in [6.45, 7) is 13.8. The van der Waals surface area contributed by atoms with E-state index < -0.39 is 0 Å². The minimum atomic E-state index is 0.643. The minimum Gasteiger partial charge on any atom is -0.311 e. The molecule has 0 bridgehead atoms. The van der Waals surface area contributed by atoms with Crippen LogP contribution in [-0.2, 0) is 0 Å². The van der Waals surface area contributed by atoms with E-state index in [4.69, 9.17) is 0 Å². The van der Waals surface area contributed by atoms with Crippen molar-refractivity contribution < 1.29 is 0 Å². The molecular weight excluding hydrogens is 182 g/mol. The van der Waals surface area contributed by atoms with E-state index in [1.54, 1.807) is 0 Å². The Hall–Kier alpha value is -0.0400. The molecule has 0 amide bonds. The SMILES string of the molecule is CCC(CC)CC(CC)NC(C)C(C)C. The highest BCUT2D eigenvalue weighted by Crippen LogP contribution is 2.17. The molecule has 0 aliphatic carbocycles. The van der Waals surface area contributed by atoms with Crippen molar-refractivity contribution in [2.75, 3.05) is 0 Å². The van der Waals surface area contributed by atoms with Crippen molar-refractivity contribution in [2.24, 2.45) is 11.8 Å². The van der Waals surface area contributed by atoms with Crippen LogP contribution >= 0.6 is 0 Å². The van der Waals surface area contributed by atoms with Gasteiger partial charge in [0.1, 0.15) is 0 Å². The lowest BCUT2D eigenvalue weighted by Crippen LogP contribution is -2.40. The lowest BCUT2D eigenvalue weighted by atomic mass is 9.92. The van der Waals surface area contributed by atoms with Crippen LogP contribution in [0.25, 0.3) is 0 Å². The molecule has 0 aromatic rings. The summed E-state index contributed by atoms with van der Waals surface area (Å²) in [5.74, 6) is 1.64. The summed E-state index contributed by atoms with van der Waals surface area (Å²) < 4.78 is 0. The van der Waals surface area contributed by atoms with Gasteiger partial charge in [0, 0.05) is 12.1 Å². The van der Waals surface area contributed by atoms with Gasteiger partial charge < -0.3 is 5.32 Å². The third-order valence-corrected chi connectivity index (χ3v) is 3.76. The lowest BCUT2D eigenvalue weighted by molar-refractivity contribution is 0.307. The quantitative estimate of drug-likeness (QED) is 0.636. The molecule has 1 nitrogen and oxygen atoms in total. The molecule has 0 aromatic carbocycles. The van der Waals surface area contributed by atoms with Crippen molar-refractivity contribution in [1.82, 2.24) is 5.32 Å². The highest BCUT2D eigenvalue weighted by atomic mass is 14.9. The number of hydrogen-bond donors (Lipinski definition) is 1. The van der Waals surface area contributed by atoms with Gasteiger partial charge in [0.15, 0.2) is 0 Å². The van der Waals surface area contributed by atoms with E-state index in [-0.39, 0.29) is 0 Å². The Kier molecular flexibility index (Phi) is 8.13. The molecule has 92 valence electrons. The molecule has 2 unspecified atom stereocenters. The van der Waals surface area contributed by atoms with E-state index in [2.05, 4.69) is 46.9 Å². The second kappa shape index (κ2) is 8.15. The molecule has 0 saturated heterocycles. The van der Waals surface area contributed by atoms with E-state index in [9.17, 15) is 0 Å². The van der Waals surface area contributed by atoms with Crippen LogP contribution in [0.15, 0.2) is 0 Å². The van der Waals surface area contributed by atoms with Gasteiger partial charge in [-0.3, -0.25) is 0 Å². The average molecular weight is 213 g/mol. The maximum absolute atomic E-state index is 3.77. The summed E-state index contributed by atoms with van der Waals surface area (Å²) >= 11 is 0. The summed E-state index contributed by atoms with van der Waals surface area (Å²) in [5.41, 5.74) is 0. The predicted molar refractivity (Wildman–Crippen MR) is 70.2 cm³/mol. The highest BCUT2D eigenvalue weighted by Gasteiger charge is 2.16. The van der Waals surface area contributed by atoms with Gasteiger partial charge in [-0.1, -0.05) is 47.5 Å². The third-order valence-electron chi connectivity index (χ3n) is 3.76. The average Bonchev–Trinajstić information content (AvgIpc) is 2.23. The van der Waals surface area contributed by atoms with Gasteiger partial charge in [0.2, 0.25) is 0 Å². The smallest absolute Gasteiger partial charge is 0.00696 e. The van der Waals surface area contributed by atoms with Gasteiger partial charge in [-0.05, 0) is 31.6 Å². The van der Waals surface area contributed by atoms with Gasteiger partial charge in [-0.2, -0.15) is 0 Å².